The van der Waals surface area contributed by atoms with E-state index in [1.165, 1.54) is 0 Å². The second-order valence-corrected chi connectivity index (χ2v) is 6.15. The first-order valence-electron chi connectivity index (χ1n) is 8.01. The molecule has 26 heavy (non-hydrogen) atoms. The molecule has 2 N–H and O–H groups in total. The van der Waals surface area contributed by atoms with Gasteiger partial charge >= 0.3 is 6.03 Å². The standard InChI is InChI=1S/C19H19ClN4O2/c1-24-11-10-21-18(24)17(13-6-8-16(26-2)9-7-13)23-19(25)22-15-5-3-4-14(20)12-15/h3-12,17H,1-2H3,(H2,22,23,25)/t17-/m1/s1. The molecule has 0 fully saturated rings. The number of aryl methyl sites for hydroxylation is 1. The first-order chi connectivity index (χ1) is 12.6. The van der Waals surface area contributed by atoms with Gasteiger partial charge in [-0.1, -0.05) is 29.8 Å². The highest BCUT2D eigenvalue weighted by Gasteiger charge is 2.21. The number of nitrogens with zero attached hydrogens (tertiary/aromatic N) is 2. The fraction of sp³-hybridized carbons (Fsp3) is 0.158. The normalized spacial score (nSPS) is 11.7. The summed E-state index contributed by atoms with van der Waals surface area (Å²) in [5.74, 6) is 1.46. The Morgan fingerprint density at radius 3 is 2.62 bits per heavy atom. The highest BCUT2D eigenvalue weighted by molar-refractivity contribution is 6.30. The minimum atomic E-state index is -0.417. The third-order valence-electron chi connectivity index (χ3n) is 3.92. The second-order valence-electron chi connectivity index (χ2n) is 5.71. The van der Waals surface area contributed by atoms with Gasteiger partial charge in [0.25, 0.3) is 0 Å². The molecule has 0 unspecified atom stereocenters. The molecule has 1 atom stereocenters. The maximum Gasteiger partial charge on any atom is 0.320 e. The van der Waals surface area contributed by atoms with E-state index in [0.29, 0.717) is 10.7 Å². The number of anilines is 1. The van der Waals surface area contributed by atoms with E-state index in [-0.39, 0.29) is 6.03 Å². The number of hydrogen-bond acceptors (Lipinski definition) is 3. The molecule has 7 heteroatoms. The Morgan fingerprint density at radius 1 is 1.23 bits per heavy atom. The summed E-state index contributed by atoms with van der Waals surface area (Å²) in [5, 5.41) is 6.31. The number of methoxy groups -OCH3 is 1. The van der Waals surface area contributed by atoms with E-state index in [2.05, 4.69) is 15.6 Å². The molecule has 6 nitrogen and oxygen atoms in total. The van der Waals surface area contributed by atoms with Crippen LogP contribution in [0.3, 0.4) is 0 Å². The van der Waals surface area contributed by atoms with Crippen LogP contribution < -0.4 is 15.4 Å². The van der Waals surface area contributed by atoms with Gasteiger partial charge in [0.05, 0.1) is 7.11 Å². The Balaban J connectivity index is 1.83. The summed E-state index contributed by atoms with van der Waals surface area (Å²) in [6, 6.07) is 13.7. The van der Waals surface area contributed by atoms with Crippen LogP contribution in [0.15, 0.2) is 60.9 Å². The molecule has 1 heterocycles. The van der Waals surface area contributed by atoms with Crippen LogP contribution >= 0.6 is 11.6 Å². The van der Waals surface area contributed by atoms with Crippen molar-refractivity contribution < 1.29 is 9.53 Å². The van der Waals surface area contributed by atoms with Crippen molar-refractivity contribution in [2.24, 2.45) is 7.05 Å². The zero-order valence-corrected chi connectivity index (χ0v) is 15.2. The van der Waals surface area contributed by atoms with Crippen LogP contribution in [0, 0.1) is 0 Å². The van der Waals surface area contributed by atoms with Crippen LogP contribution in [-0.4, -0.2) is 22.7 Å². The summed E-state index contributed by atoms with van der Waals surface area (Å²) >= 11 is 5.96. The molecule has 0 bridgehead atoms. The van der Waals surface area contributed by atoms with E-state index in [9.17, 15) is 4.79 Å². The quantitative estimate of drug-likeness (QED) is 0.713. The van der Waals surface area contributed by atoms with Crippen molar-refractivity contribution in [2.45, 2.75) is 6.04 Å². The maximum absolute atomic E-state index is 12.5. The molecule has 2 aromatic carbocycles. The lowest BCUT2D eigenvalue weighted by molar-refractivity contribution is 0.249. The van der Waals surface area contributed by atoms with Crippen LogP contribution in [0.25, 0.3) is 0 Å². The number of hydrogen-bond donors (Lipinski definition) is 2. The summed E-state index contributed by atoms with van der Waals surface area (Å²) in [6.45, 7) is 0. The number of benzene rings is 2. The Morgan fingerprint density at radius 2 is 2.00 bits per heavy atom. The molecule has 134 valence electrons. The Labute approximate surface area is 156 Å². The molecule has 1 aromatic heterocycles. The average Bonchev–Trinajstić information content (AvgIpc) is 3.05. The molecular formula is C19H19ClN4O2. The minimum Gasteiger partial charge on any atom is -0.497 e. The molecule has 3 rings (SSSR count). The smallest absolute Gasteiger partial charge is 0.320 e. The molecular weight excluding hydrogens is 352 g/mol. The fourth-order valence-electron chi connectivity index (χ4n) is 2.61. The lowest BCUT2D eigenvalue weighted by Gasteiger charge is -2.20. The summed E-state index contributed by atoms with van der Waals surface area (Å²) < 4.78 is 7.07. The molecule has 0 aliphatic heterocycles. The SMILES string of the molecule is COc1ccc([C@@H](NC(=O)Nc2cccc(Cl)c2)c2nccn2C)cc1. The van der Waals surface area contributed by atoms with Crippen LogP contribution in [0.4, 0.5) is 10.5 Å². The summed E-state index contributed by atoms with van der Waals surface area (Å²) in [7, 11) is 3.50. The number of imidazole rings is 1. The van der Waals surface area contributed by atoms with Crippen molar-refractivity contribution in [3.63, 3.8) is 0 Å². The van der Waals surface area contributed by atoms with Gasteiger partial charge in [-0.15, -0.1) is 0 Å². The van der Waals surface area contributed by atoms with Crippen molar-refractivity contribution in [1.82, 2.24) is 14.9 Å². The predicted molar refractivity (Wildman–Crippen MR) is 102 cm³/mol. The van der Waals surface area contributed by atoms with E-state index >= 15 is 0 Å². The third kappa shape index (κ3) is 4.15. The summed E-state index contributed by atoms with van der Waals surface area (Å²) in [5.41, 5.74) is 1.50. The van der Waals surface area contributed by atoms with Crippen LogP contribution in [0.5, 0.6) is 5.75 Å². The molecule has 0 radical (unpaired) electrons. The number of nitrogens with one attached hydrogen (secondary N) is 2. The molecule has 0 saturated heterocycles. The van der Waals surface area contributed by atoms with Gasteiger partial charge in [0, 0.05) is 30.2 Å². The van der Waals surface area contributed by atoms with Gasteiger partial charge in [-0.05, 0) is 35.9 Å². The molecule has 0 aliphatic rings. The fourth-order valence-corrected chi connectivity index (χ4v) is 2.80. The zero-order valence-electron chi connectivity index (χ0n) is 14.4. The molecule has 2 amide bonds. The lowest BCUT2D eigenvalue weighted by Crippen LogP contribution is -2.34. The third-order valence-corrected chi connectivity index (χ3v) is 4.16. The van der Waals surface area contributed by atoms with Gasteiger partial charge in [0.15, 0.2) is 0 Å². The van der Waals surface area contributed by atoms with Gasteiger partial charge in [0.1, 0.15) is 17.6 Å². The predicted octanol–water partition coefficient (Wildman–Crippen LogP) is 3.99. The van der Waals surface area contributed by atoms with Gasteiger partial charge in [-0.2, -0.15) is 0 Å². The number of urea groups is 1. The van der Waals surface area contributed by atoms with Gasteiger partial charge in [-0.25, -0.2) is 9.78 Å². The Hall–Kier alpha value is -2.99. The highest BCUT2D eigenvalue weighted by Crippen LogP contribution is 2.23. The Kier molecular flexibility index (Phi) is 5.43. The number of halogens is 1. The number of carbonyl (C=O) groups is 1. The van der Waals surface area contributed by atoms with E-state index in [4.69, 9.17) is 16.3 Å². The summed E-state index contributed by atoms with van der Waals surface area (Å²) in [6.07, 6.45) is 3.53. The first-order valence-corrected chi connectivity index (χ1v) is 8.39. The number of aromatic nitrogens is 2. The highest BCUT2D eigenvalue weighted by atomic mass is 35.5. The largest absolute Gasteiger partial charge is 0.497 e. The molecule has 0 spiro atoms. The van der Waals surface area contributed by atoms with E-state index in [0.717, 1.165) is 17.1 Å². The van der Waals surface area contributed by atoms with E-state index in [1.54, 1.807) is 37.6 Å². The van der Waals surface area contributed by atoms with Gasteiger partial charge < -0.3 is 19.9 Å². The van der Waals surface area contributed by atoms with Crippen LogP contribution in [-0.2, 0) is 7.05 Å². The van der Waals surface area contributed by atoms with Crippen LogP contribution in [0.1, 0.15) is 17.4 Å². The molecule has 0 saturated carbocycles. The number of ether oxygens (including phenoxy) is 1. The zero-order chi connectivity index (χ0) is 18.5. The van der Waals surface area contributed by atoms with Crippen molar-refractivity contribution in [3.05, 3.63) is 77.3 Å². The Bertz CT molecular complexity index is 893. The average molecular weight is 371 g/mol. The number of rotatable bonds is 5. The van der Waals surface area contributed by atoms with Crippen molar-refractivity contribution in [2.75, 3.05) is 12.4 Å². The number of amides is 2. The summed E-state index contributed by atoms with van der Waals surface area (Å²) in [4.78, 5) is 16.9. The molecule has 0 aliphatic carbocycles. The minimum absolute atomic E-state index is 0.351. The monoisotopic (exact) mass is 370 g/mol. The van der Waals surface area contributed by atoms with Gasteiger partial charge in [0.2, 0.25) is 0 Å². The van der Waals surface area contributed by atoms with Crippen molar-refractivity contribution in [3.8, 4) is 5.75 Å². The van der Waals surface area contributed by atoms with Crippen molar-refractivity contribution in [1.29, 1.82) is 0 Å². The van der Waals surface area contributed by atoms with E-state index in [1.807, 2.05) is 42.1 Å². The number of carbonyl (C=O) groups excluding carboxylic acids is 1. The van der Waals surface area contributed by atoms with Crippen LogP contribution in [0.2, 0.25) is 5.02 Å². The lowest BCUT2D eigenvalue weighted by atomic mass is 10.1. The molecule has 3 aromatic rings. The first kappa shape index (κ1) is 17.8. The van der Waals surface area contributed by atoms with Gasteiger partial charge in [-0.3, -0.25) is 0 Å². The maximum atomic E-state index is 12.5. The topological polar surface area (TPSA) is 68.2 Å². The van der Waals surface area contributed by atoms with E-state index < -0.39 is 6.04 Å². The van der Waals surface area contributed by atoms with Crippen molar-refractivity contribution >= 4 is 23.3 Å². The second kappa shape index (κ2) is 7.93.